The van der Waals surface area contributed by atoms with Crippen molar-refractivity contribution in [1.29, 1.82) is 0 Å². The zero-order valence-electron chi connectivity index (χ0n) is 14.8. The number of carbonyl (C=O) groups is 1. The summed E-state index contributed by atoms with van der Waals surface area (Å²) in [5, 5.41) is 2.93. The van der Waals surface area contributed by atoms with Crippen LogP contribution >= 0.6 is 0 Å². The largest absolute Gasteiger partial charge is 0.493 e. The third-order valence-electron chi connectivity index (χ3n) is 4.46. The summed E-state index contributed by atoms with van der Waals surface area (Å²) in [7, 11) is 0. The molecule has 3 rings (SSSR count). The van der Waals surface area contributed by atoms with Gasteiger partial charge in [-0.15, -0.1) is 0 Å². The Hall–Kier alpha value is -2.49. The molecule has 0 aromatic heterocycles. The van der Waals surface area contributed by atoms with E-state index in [1.165, 1.54) is 24.9 Å². The molecule has 1 saturated heterocycles. The number of carbonyl (C=O) groups excluding carboxylic acids is 1. The molecular weight excluding hydrogens is 312 g/mol. The van der Waals surface area contributed by atoms with Gasteiger partial charge in [-0.25, -0.2) is 0 Å². The van der Waals surface area contributed by atoms with Gasteiger partial charge in [-0.05, 0) is 68.1 Å². The molecule has 1 aliphatic rings. The molecule has 2 aromatic rings. The van der Waals surface area contributed by atoms with E-state index in [-0.39, 0.29) is 5.91 Å². The number of anilines is 2. The van der Waals surface area contributed by atoms with Crippen molar-refractivity contribution in [3.63, 3.8) is 0 Å². The molecular formula is C21H26N2O2. The lowest BCUT2D eigenvalue weighted by Crippen LogP contribution is -2.29. The van der Waals surface area contributed by atoms with Crippen molar-refractivity contribution in [2.24, 2.45) is 0 Å². The molecule has 1 amide bonds. The number of ether oxygens (including phenoxy) is 1. The average molecular weight is 338 g/mol. The normalized spacial score (nSPS) is 14.2. The monoisotopic (exact) mass is 338 g/mol. The number of aryl methyl sites for hydroxylation is 1. The minimum absolute atomic E-state index is 0.0293. The van der Waals surface area contributed by atoms with Crippen molar-refractivity contribution in [1.82, 2.24) is 0 Å². The van der Waals surface area contributed by atoms with Crippen molar-refractivity contribution < 1.29 is 9.53 Å². The molecule has 0 atom stereocenters. The van der Waals surface area contributed by atoms with Crippen LogP contribution in [-0.4, -0.2) is 25.6 Å². The Morgan fingerprint density at radius 1 is 1.08 bits per heavy atom. The Bertz CT molecular complexity index is 691. The van der Waals surface area contributed by atoms with Gasteiger partial charge in [0.2, 0.25) is 5.91 Å². The quantitative estimate of drug-likeness (QED) is 0.849. The van der Waals surface area contributed by atoms with E-state index in [0.29, 0.717) is 13.0 Å². The fourth-order valence-corrected chi connectivity index (χ4v) is 3.10. The van der Waals surface area contributed by atoms with Gasteiger partial charge in [-0.1, -0.05) is 12.1 Å². The van der Waals surface area contributed by atoms with E-state index < -0.39 is 0 Å². The number of rotatable bonds is 6. The maximum atomic E-state index is 12.1. The van der Waals surface area contributed by atoms with Crippen LogP contribution < -0.4 is 15.0 Å². The van der Waals surface area contributed by atoms with Crippen molar-refractivity contribution >= 4 is 17.3 Å². The highest BCUT2D eigenvalue weighted by atomic mass is 16.5. The molecule has 132 valence electrons. The number of amides is 1. The zero-order chi connectivity index (χ0) is 17.5. The zero-order valence-corrected chi connectivity index (χ0v) is 14.8. The van der Waals surface area contributed by atoms with E-state index in [2.05, 4.69) is 22.3 Å². The summed E-state index contributed by atoms with van der Waals surface area (Å²) < 4.78 is 5.63. The van der Waals surface area contributed by atoms with E-state index in [4.69, 9.17) is 4.74 Å². The lowest BCUT2D eigenvalue weighted by Gasteiger charge is -2.28. The van der Waals surface area contributed by atoms with Crippen molar-refractivity contribution in [3.8, 4) is 5.75 Å². The highest BCUT2D eigenvalue weighted by Crippen LogP contribution is 2.22. The predicted octanol–water partition coefficient (Wildman–Crippen LogP) is 4.39. The molecule has 1 N–H and O–H groups in total. The first kappa shape index (κ1) is 17.3. The topological polar surface area (TPSA) is 41.6 Å². The Labute approximate surface area is 149 Å². The van der Waals surface area contributed by atoms with Crippen molar-refractivity contribution in [2.45, 2.75) is 32.6 Å². The van der Waals surface area contributed by atoms with E-state index in [0.717, 1.165) is 30.1 Å². The number of hydrogen-bond acceptors (Lipinski definition) is 3. The minimum atomic E-state index is -0.0293. The smallest absolute Gasteiger partial charge is 0.227 e. The summed E-state index contributed by atoms with van der Waals surface area (Å²) >= 11 is 0. The maximum Gasteiger partial charge on any atom is 0.227 e. The highest BCUT2D eigenvalue weighted by Gasteiger charge is 2.11. The summed E-state index contributed by atoms with van der Waals surface area (Å²) in [6.45, 7) is 4.65. The SMILES string of the molecule is Cc1cccc(OCCC(=O)Nc2ccc(N3CCCCC3)cc2)c1. The number of piperidine rings is 1. The molecule has 0 bridgehead atoms. The van der Waals surface area contributed by atoms with E-state index in [1.807, 2.05) is 43.3 Å². The third kappa shape index (κ3) is 5.24. The van der Waals surface area contributed by atoms with Gasteiger partial charge in [0, 0.05) is 24.5 Å². The van der Waals surface area contributed by atoms with Crippen LogP contribution in [0.5, 0.6) is 5.75 Å². The Kier molecular flexibility index (Phi) is 5.94. The first-order valence-corrected chi connectivity index (χ1v) is 9.05. The summed E-state index contributed by atoms with van der Waals surface area (Å²) in [6, 6.07) is 16.0. The molecule has 1 fully saturated rings. The standard InChI is InChI=1S/C21H26N2O2/c1-17-6-5-7-20(16-17)25-15-12-21(24)22-18-8-10-19(11-9-18)23-13-3-2-4-14-23/h5-11,16H,2-4,12-15H2,1H3,(H,22,24). The second kappa shape index (κ2) is 8.56. The molecule has 4 nitrogen and oxygen atoms in total. The summed E-state index contributed by atoms with van der Waals surface area (Å²) in [5.41, 5.74) is 3.22. The van der Waals surface area contributed by atoms with Crippen LogP contribution in [0.25, 0.3) is 0 Å². The lowest BCUT2D eigenvalue weighted by atomic mass is 10.1. The molecule has 1 heterocycles. The third-order valence-corrected chi connectivity index (χ3v) is 4.46. The van der Waals surface area contributed by atoms with Gasteiger partial charge >= 0.3 is 0 Å². The van der Waals surface area contributed by atoms with Crippen LogP contribution in [-0.2, 0) is 4.79 Å². The molecule has 0 spiro atoms. The van der Waals surface area contributed by atoms with Gasteiger partial charge in [0.25, 0.3) is 0 Å². The molecule has 2 aromatic carbocycles. The van der Waals surface area contributed by atoms with Crippen LogP contribution in [0.15, 0.2) is 48.5 Å². The van der Waals surface area contributed by atoms with Crippen LogP contribution in [0, 0.1) is 6.92 Å². The maximum absolute atomic E-state index is 12.1. The second-order valence-corrected chi connectivity index (χ2v) is 6.56. The van der Waals surface area contributed by atoms with Gasteiger partial charge in [-0.2, -0.15) is 0 Å². The second-order valence-electron chi connectivity index (χ2n) is 6.56. The Balaban J connectivity index is 1.44. The number of hydrogen-bond donors (Lipinski definition) is 1. The van der Waals surface area contributed by atoms with Crippen LogP contribution in [0.4, 0.5) is 11.4 Å². The molecule has 0 aliphatic carbocycles. The van der Waals surface area contributed by atoms with Gasteiger partial charge in [0.15, 0.2) is 0 Å². The summed E-state index contributed by atoms with van der Waals surface area (Å²) in [6.07, 6.45) is 4.19. The van der Waals surface area contributed by atoms with Gasteiger partial charge in [0.05, 0.1) is 13.0 Å². The number of nitrogens with zero attached hydrogens (tertiary/aromatic N) is 1. The summed E-state index contributed by atoms with van der Waals surface area (Å²) in [4.78, 5) is 14.5. The molecule has 4 heteroatoms. The molecule has 0 saturated carbocycles. The Morgan fingerprint density at radius 2 is 1.84 bits per heavy atom. The Morgan fingerprint density at radius 3 is 2.56 bits per heavy atom. The molecule has 0 unspecified atom stereocenters. The summed E-state index contributed by atoms with van der Waals surface area (Å²) in [5.74, 6) is 0.775. The van der Waals surface area contributed by atoms with E-state index in [1.54, 1.807) is 0 Å². The molecule has 1 aliphatic heterocycles. The predicted molar refractivity (Wildman–Crippen MR) is 102 cm³/mol. The molecule has 0 radical (unpaired) electrons. The first-order valence-electron chi connectivity index (χ1n) is 9.05. The fourth-order valence-electron chi connectivity index (χ4n) is 3.10. The minimum Gasteiger partial charge on any atom is -0.493 e. The number of benzene rings is 2. The van der Waals surface area contributed by atoms with Gasteiger partial charge in [0.1, 0.15) is 5.75 Å². The van der Waals surface area contributed by atoms with Gasteiger partial charge < -0.3 is 15.0 Å². The van der Waals surface area contributed by atoms with Crippen LogP contribution in [0.2, 0.25) is 0 Å². The van der Waals surface area contributed by atoms with Gasteiger partial charge in [-0.3, -0.25) is 4.79 Å². The molecule has 25 heavy (non-hydrogen) atoms. The highest BCUT2D eigenvalue weighted by molar-refractivity contribution is 5.90. The van der Waals surface area contributed by atoms with Crippen molar-refractivity contribution in [3.05, 3.63) is 54.1 Å². The fraction of sp³-hybridized carbons (Fsp3) is 0.381. The first-order chi connectivity index (χ1) is 12.2. The van der Waals surface area contributed by atoms with E-state index in [9.17, 15) is 4.79 Å². The number of nitrogens with one attached hydrogen (secondary N) is 1. The average Bonchev–Trinajstić information content (AvgIpc) is 2.63. The van der Waals surface area contributed by atoms with E-state index >= 15 is 0 Å². The van der Waals surface area contributed by atoms with Crippen LogP contribution in [0.1, 0.15) is 31.2 Å². The van der Waals surface area contributed by atoms with Crippen molar-refractivity contribution in [2.75, 3.05) is 29.9 Å². The lowest BCUT2D eigenvalue weighted by molar-refractivity contribution is -0.116. The van der Waals surface area contributed by atoms with Crippen LogP contribution in [0.3, 0.4) is 0 Å².